The molecule has 2 aliphatic heterocycles. The van der Waals surface area contributed by atoms with Gasteiger partial charge in [-0.05, 0) is 45.2 Å². The maximum atomic E-state index is 13.7. The number of aromatic nitrogens is 6. The van der Waals surface area contributed by atoms with Crippen LogP contribution in [0.2, 0.25) is 0 Å². The fraction of sp³-hybridized carbons (Fsp3) is 0.621. The topological polar surface area (TPSA) is 405 Å². The number of nitrogens with zero attached hydrogens (tertiary/aromatic N) is 9. The van der Waals surface area contributed by atoms with Crippen molar-refractivity contribution >= 4 is 50.5 Å². The third kappa shape index (κ3) is 12.1. The number of nitrogens with one attached hydrogen (secondary N) is 1. The number of nitrogens with two attached hydrogens (primary N) is 2. The van der Waals surface area contributed by atoms with Crippen LogP contribution in [0.5, 0.6) is 0 Å². The summed E-state index contributed by atoms with van der Waals surface area (Å²) in [4.78, 5) is 86.7. The number of carbonyl (C=O) groups is 2. The first kappa shape index (κ1) is 45.3. The number of ether oxygens (including phenoxy) is 4. The third-order valence-corrected chi connectivity index (χ3v) is 9.93. The van der Waals surface area contributed by atoms with Crippen molar-refractivity contribution in [2.45, 2.75) is 94.7 Å². The maximum absolute atomic E-state index is 13.7. The summed E-state index contributed by atoms with van der Waals surface area (Å²) in [6.07, 6.45) is -8.52. The Hall–Kier alpha value is -4.82. The third-order valence-electron chi connectivity index (χ3n) is 8.43. The molecular formula is C29H42N12O16P2. The van der Waals surface area contributed by atoms with E-state index in [1.165, 1.54) is 23.2 Å². The number of aliphatic hydroxyl groups excluding tert-OH is 1. The lowest BCUT2D eigenvalue weighted by Crippen LogP contribution is -2.47. The van der Waals surface area contributed by atoms with Gasteiger partial charge in [0.25, 0.3) is 0 Å². The molecule has 1 unspecified atom stereocenters. The number of carbonyl (C=O) groups excluding carboxylic acids is 2. The molecule has 0 bridgehead atoms. The average Bonchev–Trinajstić information content (AvgIpc) is 3.82. The van der Waals surface area contributed by atoms with Crippen LogP contribution in [-0.2, 0) is 46.4 Å². The van der Waals surface area contributed by atoms with Crippen LogP contribution in [0.15, 0.2) is 34.8 Å². The van der Waals surface area contributed by atoms with Crippen LogP contribution < -0.4 is 22.5 Å². The number of hydrogen-bond donors (Lipinski definition) is 7. The van der Waals surface area contributed by atoms with Crippen LogP contribution in [-0.4, -0.2) is 123 Å². The molecule has 0 saturated carbocycles. The first-order valence-electron chi connectivity index (χ1n) is 17.5. The molecule has 0 aliphatic carbocycles. The standard InChI is InChI=1S/C29H42N12O16P2/c1-29(2,3)56-28(45)37-14(5-4-7-36-39-32)26(43)55-22-17(54-25(21(22)42)41-13-35-20-23(31)33-12-34-24(20)41)11-52-59(49,50)57-15-9-19(40-8-6-18(30)38-27(40)44)53-16(15)10-51-58(46,47)48/h6,8,12-17,19,21-22,25,42H,4-5,7,9-11H2,1-3H3,(H,37,45)(H,49,50)(H2,30,38,44)(H2,31,33,34)(H2,46,47,48)/t14-,15+,16-,17+,19-,21-,22-,25-/m1/s1. The molecule has 1 amide bonds. The van der Waals surface area contributed by atoms with E-state index in [0.29, 0.717) is 0 Å². The highest BCUT2D eigenvalue weighted by molar-refractivity contribution is 7.47. The van der Waals surface area contributed by atoms with Crippen LogP contribution in [0.25, 0.3) is 21.6 Å². The Labute approximate surface area is 332 Å². The minimum Gasteiger partial charge on any atom is -0.455 e. The van der Waals surface area contributed by atoms with Gasteiger partial charge in [0.05, 0.1) is 19.5 Å². The van der Waals surface area contributed by atoms with E-state index in [1.54, 1.807) is 20.8 Å². The number of anilines is 2. The minimum atomic E-state index is -5.24. The van der Waals surface area contributed by atoms with Gasteiger partial charge in [-0.3, -0.25) is 22.7 Å². The van der Waals surface area contributed by atoms with E-state index in [0.717, 1.165) is 10.9 Å². The fourth-order valence-electron chi connectivity index (χ4n) is 5.93. The summed E-state index contributed by atoms with van der Waals surface area (Å²) in [6.45, 7) is 2.93. The second-order valence-corrected chi connectivity index (χ2v) is 16.6. The predicted octanol–water partition coefficient (Wildman–Crippen LogP) is 0.301. The van der Waals surface area contributed by atoms with Crippen LogP contribution in [0.1, 0.15) is 52.5 Å². The van der Waals surface area contributed by atoms with Crippen molar-refractivity contribution in [2.24, 2.45) is 5.11 Å². The molecule has 2 saturated heterocycles. The Balaban J connectivity index is 1.38. The second-order valence-electron chi connectivity index (χ2n) is 13.9. The zero-order valence-corrected chi connectivity index (χ0v) is 33.2. The molecular weight excluding hydrogens is 834 g/mol. The molecule has 59 heavy (non-hydrogen) atoms. The normalized spacial score (nSPS) is 24.9. The molecule has 28 nitrogen and oxygen atoms in total. The average molecular weight is 877 g/mol. The lowest BCUT2D eigenvalue weighted by atomic mass is 10.1. The summed E-state index contributed by atoms with van der Waals surface area (Å²) in [7, 11) is -10.3. The first-order chi connectivity index (χ1) is 27.6. The number of imidazole rings is 1. The fourth-order valence-corrected chi connectivity index (χ4v) is 7.23. The van der Waals surface area contributed by atoms with Crippen molar-refractivity contribution in [3.05, 3.63) is 45.8 Å². The molecule has 2 fully saturated rings. The molecule has 0 spiro atoms. The Kier molecular flexibility index (Phi) is 14.3. The van der Waals surface area contributed by atoms with E-state index in [2.05, 4.69) is 39.8 Å². The highest BCUT2D eigenvalue weighted by Crippen LogP contribution is 2.50. The number of fused-ring (bicyclic) bond motifs is 1. The van der Waals surface area contributed by atoms with Gasteiger partial charge in [0.1, 0.15) is 59.9 Å². The van der Waals surface area contributed by atoms with E-state index in [1.807, 2.05) is 0 Å². The number of amides is 1. The number of phosphoric acid groups is 2. The largest absolute Gasteiger partial charge is 0.472 e. The Morgan fingerprint density at radius 1 is 1.12 bits per heavy atom. The quantitative estimate of drug-likeness (QED) is 0.0239. The van der Waals surface area contributed by atoms with Crippen LogP contribution in [0, 0.1) is 0 Å². The Morgan fingerprint density at radius 3 is 2.53 bits per heavy atom. The predicted molar refractivity (Wildman–Crippen MR) is 196 cm³/mol. The van der Waals surface area contributed by atoms with Crippen molar-refractivity contribution in [1.82, 2.24) is 34.4 Å². The number of azide groups is 1. The van der Waals surface area contributed by atoms with Crippen molar-refractivity contribution < 1.29 is 71.0 Å². The van der Waals surface area contributed by atoms with Gasteiger partial charge in [0, 0.05) is 24.1 Å². The number of alkyl carbamates (subject to hydrolysis) is 1. The van der Waals surface area contributed by atoms with E-state index in [9.17, 15) is 43.3 Å². The Morgan fingerprint density at radius 2 is 1.85 bits per heavy atom. The number of hydrogen-bond acceptors (Lipinski definition) is 20. The lowest BCUT2D eigenvalue weighted by Gasteiger charge is -2.26. The zero-order chi connectivity index (χ0) is 43.3. The summed E-state index contributed by atoms with van der Waals surface area (Å²) in [5.74, 6) is -1.25. The van der Waals surface area contributed by atoms with Gasteiger partial charge >= 0.3 is 33.4 Å². The monoisotopic (exact) mass is 876 g/mol. The molecule has 3 aromatic heterocycles. The van der Waals surface area contributed by atoms with E-state index in [4.69, 9.17) is 45.0 Å². The van der Waals surface area contributed by atoms with Crippen molar-refractivity contribution in [1.29, 1.82) is 0 Å². The smallest absolute Gasteiger partial charge is 0.455 e. The van der Waals surface area contributed by atoms with Gasteiger partial charge in [0.2, 0.25) is 0 Å². The SMILES string of the molecule is CC(C)(C)OC(=O)N[C@H](CCCN=[N+]=[N-])C(=O)O[C@H]1[C@@H](O)[C@H](n2cnc3c(N)ncnc32)O[C@H]1COP(=O)(O)O[C@H]1C[C@H](n2ccc(N)nc2=O)O[C@@H]1COP(=O)(O)O. The summed E-state index contributed by atoms with van der Waals surface area (Å²) < 4.78 is 64.9. The number of esters is 1. The summed E-state index contributed by atoms with van der Waals surface area (Å²) in [5, 5.41) is 17.4. The molecule has 2 aliphatic rings. The highest BCUT2D eigenvalue weighted by atomic mass is 31.2. The zero-order valence-electron chi connectivity index (χ0n) is 31.4. The van der Waals surface area contributed by atoms with Crippen LogP contribution >= 0.6 is 15.6 Å². The summed E-state index contributed by atoms with van der Waals surface area (Å²) in [6, 6.07) is -0.160. The molecule has 9 N–H and O–H groups in total. The molecule has 0 aromatic carbocycles. The van der Waals surface area contributed by atoms with E-state index in [-0.39, 0.29) is 48.6 Å². The summed E-state index contributed by atoms with van der Waals surface area (Å²) >= 11 is 0. The maximum Gasteiger partial charge on any atom is 0.472 e. The van der Waals surface area contributed by atoms with Gasteiger partial charge in [0.15, 0.2) is 23.8 Å². The number of nitrogen functional groups attached to an aromatic ring is 2. The highest BCUT2D eigenvalue weighted by Gasteiger charge is 2.50. The van der Waals surface area contributed by atoms with Crippen molar-refractivity contribution in [3.63, 3.8) is 0 Å². The van der Waals surface area contributed by atoms with Gasteiger partial charge in [-0.25, -0.2) is 38.5 Å². The summed E-state index contributed by atoms with van der Waals surface area (Å²) in [5.41, 5.74) is 18.5. The van der Waals surface area contributed by atoms with Crippen molar-refractivity contribution in [3.8, 4) is 0 Å². The number of aliphatic hydroxyl groups is 1. The van der Waals surface area contributed by atoms with E-state index >= 15 is 0 Å². The number of phosphoric ester groups is 2. The van der Waals surface area contributed by atoms with Gasteiger partial charge < -0.3 is 55.5 Å². The molecule has 5 rings (SSSR count). The minimum absolute atomic E-state index is 0.0144. The first-order valence-corrected chi connectivity index (χ1v) is 20.5. The van der Waals surface area contributed by atoms with Gasteiger partial charge in [-0.15, -0.1) is 0 Å². The van der Waals surface area contributed by atoms with Crippen LogP contribution in [0.4, 0.5) is 16.4 Å². The molecule has 9 atom stereocenters. The molecule has 324 valence electrons. The van der Waals surface area contributed by atoms with Crippen LogP contribution in [0.3, 0.4) is 0 Å². The van der Waals surface area contributed by atoms with Gasteiger partial charge in [-0.1, -0.05) is 5.11 Å². The van der Waals surface area contributed by atoms with Crippen molar-refractivity contribution in [2.75, 3.05) is 31.2 Å². The van der Waals surface area contributed by atoms with Gasteiger partial charge in [-0.2, -0.15) is 4.98 Å². The lowest BCUT2D eigenvalue weighted by molar-refractivity contribution is -0.159. The Bertz CT molecular complexity index is 2190. The molecule has 0 radical (unpaired) electrons. The van der Waals surface area contributed by atoms with E-state index < -0.39 is 101 Å². The molecule has 5 heterocycles. The molecule has 30 heteroatoms. The second kappa shape index (κ2) is 18.6. The number of rotatable bonds is 17. The molecule has 3 aromatic rings.